The van der Waals surface area contributed by atoms with Crippen LogP contribution in [-0.2, 0) is 9.59 Å². The van der Waals surface area contributed by atoms with Gasteiger partial charge in [-0.25, -0.2) is 0 Å². The van der Waals surface area contributed by atoms with Gasteiger partial charge in [0, 0.05) is 23.8 Å². The van der Waals surface area contributed by atoms with Crippen molar-refractivity contribution in [2.75, 3.05) is 6.54 Å². The van der Waals surface area contributed by atoms with Crippen LogP contribution in [0.5, 0.6) is 0 Å². The van der Waals surface area contributed by atoms with Crippen molar-refractivity contribution in [2.24, 2.45) is 0 Å². The maximum atomic E-state index is 12.2. The quantitative estimate of drug-likeness (QED) is 0.329. The van der Waals surface area contributed by atoms with Crippen molar-refractivity contribution < 1.29 is 24.0 Å². The van der Waals surface area contributed by atoms with Crippen LogP contribution >= 0.6 is 24.0 Å². The largest absolute Gasteiger partial charge is 0.548 e. The van der Waals surface area contributed by atoms with Crippen LogP contribution in [0.4, 0.5) is 5.69 Å². The van der Waals surface area contributed by atoms with E-state index in [1.807, 2.05) is 0 Å². The molecule has 1 aliphatic heterocycles. The molecule has 0 aliphatic carbocycles. The number of non-ortho nitro benzene ring substituents is 1. The Labute approximate surface area is 156 Å². The Hall–Kier alpha value is -2.98. The molecule has 132 valence electrons. The van der Waals surface area contributed by atoms with Crippen LogP contribution in [-0.4, -0.2) is 32.6 Å². The highest BCUT2D eigenvalue weighted by molar-refractivity contribution is 8.26. The number of aliphatic carboxylic acids is 1. The molecule has 1 fully saturated rings. The number of carbonyl (C=O) groups is 2. The molecular weight excluding hydrogens is 380 g/mol. The van der Waals surface area contributed by atoms with E-state index in [1.165, 1.54) is 18.2 Å². The van der Waals surface area contributed by atoms with E-state index < -0.39 is 23.3 Å². The molecule has 0 radical (unpaired) electrons. The summed E-state index contributed by atoms with van der Waals surface area (Å²) in [7, 11) is 0. The summed E-state index contributed by atoms with van der Waals surface area (Å²) in [4.78, 5) is 34.4. The summed E-state index contributed by atoms with van der Waals surface area (Å²) in [6.45, 7) is -0.612. The van der Waals surface area contributed by atoms with E-state index in [2.05, 4.69) is 0 Å². The lowest BCUT2D eigenvalue weighted by Gasteiger charge is -2.14. The number of benzene rings is 1. The average molecular weight is 389 g/mol. The highest BCUT2D eigenvalue weighted by atomic mass is 32.2. The second-order valence-electron chi connectivity index (χ2n) is 5.15. The molecule has 0 bridgehead atoms. The number of nitrogens with zero attached hydrogens (tertiary/aromatic N) is 2. The molecule has 0 spiro atoms. The number of hydrogen-bond donors (Lipinski definition) is 0. The van der Waals surface area contributed by atoms with Crippen LogP contribution in [0, 0.1) is 10.1 Å². The minimum atomic E-state index is -1.41. The molecule has 0 unspecified atom stereocenters. The Morgan fingerprint density at radius 3 is 2.81 bits per heavy atom. The third-order valence-electron chi connectivity index (χ3n) is 3.40. The lowest BCUT2D eigenvalue weighted by Crippen LogP contribution is -2.40. The standard InChI is InChI=1S/C16H10N2O6S2/c19-14(20)8-17-15(21)13(26-16(17)25)7-11-4-5-12(24-11)9-2-1-3-10(6-9)18(22)23/h1-7H,8H2,(H,19,20)/p-1/b13-7-. The van der Waals surface area contributed by atoms with Gasteiger partial charge in [0.1, 0.15) is 15.8 Å². The molecule has 1 amide bonds. The van der Waals surface area contributed by atoms with E-state index >= 15 is 0 Å². The molecule has 1 aliphatic rings. The molecule has 0 atom stereocenters. The van der Waals surface area contributed by atoms with Gasteiger partial charge in [-0.15, -0.1) is 0 Å². The lowest BCUT2D eigenvalue weighted by atomic mass is 10.1. The summed E-state index contributed by atoms with van der Waals surface area (Å²) < 4.78 is 5.73. The van der Waals surface area contributed by atoms with Gasteiger partial charge in [0.25, 0.3) is 11.6 Å². The number of thiocarbonyl (C=S) groups is 1. The van der Waals surface area contributed by atoms with Gasteiger partial charge in [-0.3, -0.25) is 19.8 Å². The first-order valence-corrected chi connectivity index (χ1v) is 8.37. The van der Waals surface area contributed by atoms with Gasteiger partial charge < -0.3 is 14.3 Å². The van der Waals surface area contributed by atoms with Crippen molar-refractivity contribution >= 4 is 51.9 Å². The van der Waals surface area contributed by atoms with Crippen molar-refractivity contribution in [2.45, 2.75) is 0 Å². The number of carboxylic acid groups (broad SMARTS) is 1. The van der Waals surface area contributed by atoms with Crippen molar-refractivity contribution in [1.29, 1.82) is 0 Å². The number of furan rings is 1. The summed E-state index contributed by atoms with van der Waals surface area (Å²) in [5, 5.41) is 21.5. The van der Waals surface area contributed by atoms with E-state index in [9.17, 15) is 24.8 Å². The molecule has 1 aromatic heterocycles. The van der Waals surface area contributed by atoms with Gasteiger partial charge in [0.05, 0.1) is 22.3 Å². The summed E-state index contributed by atoms with van der Waals surface area (Å²) in [5.41, 5.74) is 0.451. The van der Waals surface area contributed by atoms with Crippen LogP contribution < -0.4 is 5.11 Å². The first-order chi connectivity index (χ1) is 12.3. The van der Waals surface area contributed by atoms with Gasteiger partial charge in [0.15, 0.2) is 0 Å². The third-order valence-corrected chi connectivity index (χ3v) is 4.78. The highest BCUT2D eigenvalue weighted by Crippen LogP contribution is 2.33. The molecule has 8 nitrogen and oxygen atoms in total. The Morgan fingerprint density at radius 1 is 1.35 bits per heavy atom. The zero-order chi connectivity index (χ0) is 18.8. The Bertz CT molecular complexity index is 965. The zero-order valence-corrected chi connectivity index (χ0v) is 14.5. The monoisotopic (exact) mass is 389 g/mol. The van der Waals surface area contributed by atoms with E-state index in [4.69, 9.17) is 16.6 Å². The van der Waals surface area contributed by atoms with Gasteiger partial charge in [-0.2, -0.15) is 0 Å². The maximum absolute atomic E-state index is 12.2. The van der Waals surface area contributed by atoms with E-state index in [0.29, 0.717) is 17.1 Å². The number of amides is 1. The molecule has 0 saturated carbocycles. The fourth-order valence-corrected chi connectivity index (χ4v) is 3.49. The maximum Gasteiger partial charge on any atom is 0.270 e. The van der Waals surface area contributed by atoms with Crippen molar-refractivity contribution in [3.8, 4) is 11.3 Å². The summed E-state index contributed by atoms with van der Waals surface area (Å²) in [6, 6.07) is 9.17. The number of nitro benzene ring substituents is 1. The summed E-state index contributed by atoms with van der Waals surface area (Å²) in [5.74, 6) is -1.23. The molecule has 2 heterocycles. The van der Waals surface area contributed by atoms with Gasteiger partial charge >= 0.3 is 0 Å². The lowest BCUT2D eigenvalue weighted by molar-refractivity contribution is -0.384. The molecule has 26 heavy (non-hydrogen) atoms. The number of thioether (sulfide) groups is 1. The second kappa shape index (κ2) is 7.10. The van der Waals surface area contributed by atoms with Crippen LogP contribution in [0.1, 0.15) is 5.76 Å². The fourth-order valence-electron chi connectivity index (χ4n) is 2.25. The molecule has 1 aromatic carbocycles. The number of carbonyl (C=O) groups excluding carboxylic acids is 2. The molecule has 2 aromatic rings. The van der Waals surface area contributed by atoms with Crippen LogP contribution in [0.15, 0.2) is 45.7 Å². The van der Waals surface area contributed by atoms with Crippen LogP contribution in [0.2, 0.25) is 0 Å². The van der Waals surface area contributed by atoms with E-state index in [-0.39, 0.29) is 14.9 Å². The van der Waals surface area contributed by atoms with E-state index in [0.717, 1.165) is 16.7 Å². The topological polar surface area (TPSA) is 117 Å². The van der Waals surface area contributed by atoms with Crippen molar-refractivity contribution in [3.05, 3.63) is 57.2 Å². The van der Waals surface area contributed by atoms with Crippen molar-refractivity contribution in [1.82, 2.24) is 4.90 Å². The van der Waals surface area contributed by atoms with Gasteiger partial charge in [-0.05, 0) is 12.1 Å². The Morgan fingerprint density at radius 2 is 2.12 bits per heavy atom. The van der Waals surface area contributed by atoms with Crippen molar-refractivity contribution in [3.63, 3.8) is 0 Å². The van der Waals surface area contributed by atoms with Crippen LogP contribution in [0.25, 0.3) is 17.4 Å². The first kappa shape index (κ1) is 17.8. The zero-order valence-electron chi connectivity index (χ0n) is 12.9. The number of hydrogen-bond acceptors (Lipinski definition) is 8. The summed E-state index contributed by atoms with van der Waals surface area (Å²) >= 11 is 5.95. The third kappa shape index (κ3) is 3.65. The Kier molecular flexibility index (Phi) is 4.87. The van der Waals surface area contributed by atoms with Gasteiger partial charge in [0.2, 0.25) is 0 Å². The second-order valence-corrected chi connectivity index (χ2v) is 6.83. The molecule has 1 saturated heterocycles. The number of carboxylic acids is 1. The van der Waals surface area contributed by atoms with Gasteiger partial charge in [-0.1, -0.05) is 36.1 Å². The normalized spacial score (nSPS) is 15.7. The molecular formula is C16H9N2O6S2-. The molecule has 3 rings (SSSR count). The summed E-state index contributed by atoms with van der Waals surface area (Å²) in [6.07, 6.45) is 1.44. The Balaban J connectivity index is 1.85. The number of rotatable bonds is 5. The molecule has 0 N–H and O–H groups in total. The predicted octanol–water partition coefficient (Wildman–Crippen LogP) is 1.81. The smallest absolute Gasteiger partial charge is 0.270 e. The SMILES string of the molecule is O=C([O-])CN1C(=O)/C(=C/c2ccc(-c3cccc([N+](=O)[O-])c3)o2)SC1=S. The fraction of sp³-hybridized carbons (Fsp3) is 0.0625. The minimum Gasteiger partial charge on any atom is -0.548 e. The molecule has 10 heteroatoms. The van der Waals surface area contributed by atoms with E-state index in [1.54, 1.807) is 24.3 Å². The van der Waals surface area contributed by atoms with Crippen LogP contribution in [0.3, 0.4) is 0 Å². The predicted molar refractivity (Wildman–Crippen MR) is 95.7 cm³/mol. The first-order valence-electron chi connectivity index (χ1n) is 7.15. The number of nitro groups is 1. The highest BCUT2D eigenvalue weighted by Gasteiger charge is 2.32. The average Bonchev–Trinajstić information content (AvgIpc) is 3.15. The minimum absolute atomic E-state index is 0.0661.